The Bertz CT molecular complexity index is 321. The first-order valence-electron chi connectivity index (χ1n) is 5.10. The maximum atomic E-state index is 5.29. The predicted molar refractivity (Wildman–Crippen MR) is 59.9 cm³/mol. The van der Waals surface area contributed by atoms with E-state index in [2.05, 4.69) is 21.8 Å². The lowest BCUT2D eigenvalue weighted by atomic mass is 10.3. The van der Waals surface area contributed by atoms with Crippen molar-refractivity contribution in [2.24, 2.45) is 0 Å². The second-order valence-electron chi connectivity index (χ2n) is 3.63. The summed E-state index contributed by atoms with van der Waals surface area (Å²) in [4.78, 5) is 8.67. The van der Waals surface area contributed by atoms with Crippen molar-refractivity contribution >= 4 is 5.82 Å². The fourth-order valence-corrected chi connectivity index (χ4v) is 1.74. The van der Waals surface area contributed by atoms with Crippen LogP contribution in [0.2, 0.25) is 0 Å². The van der Waals surface area contributed by atoms with Gasteiger partial charge < -0.3 is 14.5 Å². The summed E-state index contributed by atoms with van der Waals surface area (Å²) in [5.41, 5.74) is 0. The van der Waals surface area contributed by atoms with Crippen molar-refractivity contribution < 1.29 is 4.74 Å². The predicted octanol–water partition coefficient (Wildman–Crippen LogP) is 1.00. The Labute approximate surface area is 90.5 Å². The highest BCUT2D eigenvalue weighted by Crippen LogP contribution is 2.25. The van der Waals surface area contributed by atoms with Gasteiger partial charge in [-0.05, 0) is 25.2 Å². The van der Waals surface area contributed by atoms with Gasteiger partial charge in [-0.1, -0.05) is 0 Å². The van der Waals surface area contributed by atoms with Gasteiger partial charge in [-0.15, -0.1) is 0 Å². The highest BCUT2D eigenvalue weighted by Gasteiger charge is 2.15. The van der Waals surface area contributed by atoms with E-state index in [1.165, 1.54) is 0 Å². The van der Waals surface area contributed by atoms with E-state index in [-0.39, 0.29) is 0 Å². The summed E-state index contributed by atoms with van der Waals surface area (Å²) < 4.78 is 5.29. The lowest BCUT2D eigenvalue weighted by Crippen LogP contribution is -2.44. The highest BCUT2D eigenvalue weighted by molar-refractivity contribution is 5.52. The molecule has 1 aromatic heterocycles. The Hall–Kier alpha value is -1.29. The third-order valence-electron chi connectivity index (χ3n) is 2.64. The van der Waals surface area contributed by atoms with Gasteiger partial charge in [0.05, 0.1) is 7.11 Å². The molecule has 0 aromatic carbocycles. The van der Waals surface area contributed by atoms with Crippen LogP contribution in [0, 0.1) is 7.05 Å². The molecule has 82 valence electrons. The molecule has 1 aromatic rings. The fraction of sp³-hybridized carbons (Fsp3) is 0.455. The normalized spacial score (nSPS) is 17.9. The first kappa shape index (κ1) is 10.2. The zero-order valence-electron chi connectivity index (χ0n) is 9.02. The third kappa shape index (κ3) is 2.21. The summed E-state index contributed by atoms with van der Waals surface area (Å²) >= 11 is 0. The van der Waals surface area contributed by atoms with Crippen LogP contribution >= 0.6 is 0 Å². The summed E-state index contributed by atoms with van der Waals surface area (Å²) in [5, 5.41) is 0. The fourth-order valence-electron chi connectivity index (χ4n) is 1.74. The van der Waals surface area contributed by atoms with Gasteiger partial charge in [0.15, 0.2) is 11.6 Å². The topological polar surface area (TPSA) is 28.6 Å². The van der Waals surface area contributed by atoms with Crippen LogP contribution in [0.5, 0.6) is 5.75 Å². The molecule has 15 heavy (non-hydrogen) atoms. The van der Waals surface area contributed by atoms with E-state index in [4.69, 9.17) is 4.74 Å². The molecule has 1 fully saturated rings. The molecule has 0 amide bonds. The molecule has 4 nitrogen and oxygen atoms in total. The molecule has 1 aliphatic heterocycles. The summed E-state index contributed by atoms with van der Waals surface area (Å²) in [6.45, 7) is 3.85. The summed E-state index contributed by atoms with van der Waals surface area (Å²) in [6, 6.07) is 3.83. The van der Waals surface area contributed by atoms with Gasteiger partial charge in [0, 0.05) is 19.3 Å². The number of anilines is 1. The molecular weight excluding hydrogens is 190 g/mol. The van der Waals surface area contributed by atoms with Gasteiger partial charge in [-0.25, -0.2) is 4.98 Å². The third-order valence-corrected chi connectivity index (χ3v) is 2.64. The number of aromatic nitrogens is 1. The number of hydrogen-bond donors (Lipinski definition) is 0. The number of hydrogen-bond acceptors (Lipinski definition) is 4. The van der Waals surface area contributed by atoms with Crippen LogP contribution in [0.1, 0.15) is 0 Å². The van der Waals surface area contributed by atoms with E-state index in [1.807, 2.05) is 12.1 Å². The van der Waals surface area contributed by atoms with Crippen molar-refractivity contribution in [1.82, 2.24) is 9.88 Å². The van der Waals surface area contributed by atoms with Gasteiger partial charge >= 0.3 is 0 Å². The van der Waals surface area contributed by atoms with E-state index < -0.39 is 0 Å². The van der Waals surface area contributed by atoms with Gasteiger partial charge in [-0.3, -0.25) is 7.05 Å². The number of methoxy groups -OCH3 is 1. The Morgan fingerprint density at radius 1 is 1.33 bits per heavy atom. The van der Waals surface area contributed by atoms with Crippen LogP contribution in [0.15, 0.2) is 18.3 Å². The molecule has 0 saturated carbocycles. The van der Waals surface area contributed by atoms with Crippen molar-refractivity contribution in [2.75, 3.05) is 38.2 Å². The monoisotopic (exact) mass is 206 g/mol. The minimum Gasteiger partial charge on any atom is -0.493 e. The molecule has 1 saturated heterocycles. The molecule has 2 rings (SSSR count). The molecule has 0 spiro atoms. The average molecular weight is 206 g/mol. The zero-order chi connectivity index (χ0) is 10.7. The van der Waals surface area contributed by atoms with E-state index in [1.54, 1.807) is 13.3 Å². The van der Waals surface area contributed by atoms with Gasteiger partial charge in [0.25, 0.3) is 0 Å². The van der Waals surface area contributed by atoms with Crippen molar-refractivity contribution in [1.29, 1.82) is 0 Å². The zero-order valence-corrected chi connectivity index (χ0v) is 9.02. The number of rotatable bonds is 2. The number of pyridine rings is 1. The number of piperazine rings is 1. The number of nitrogens with zero attached hydrogens (tertiary/aromatic N) is 3. The molecule has 1 aliphatic rings. The molecule has 0 atom stereocenters. The van der Waals surface area contributed by atoms with Crippen LogP contribution < -0.4 is 9.64 Å². The first-order valence-corrected chi connectivity index (χ1v) is 5.10. The molecule has 0 aliphatic carbocycles. The van der Waals surface area contributed by atoms with Crippen LogP contribution in [0.3, 0.4) is 0 Å². The van der Waals surface area contributed by atoms with E-state index in [9.17, 15) is 0 Å². The van der Waals surface area contributed by atoms with E-state index >= 15 is 0 Å². The Morgan fingerprint density at radius 3 is 2.73 bits per heavy atom. The molecule has 2 heterocycles. The number of ether oxygens (including phenoxy) is 1. The van der Waals surface area contributed by atoms with Crippen LogP contribution in [-0.2, 0) is 0 Å². The minimum absolute atomic E-state index is 0.843. The Balaban J connectivity index is 2.15. The molecule has 0 bridgehead atoms. The van der Waals surface area contributed by atoms with Gasteiger partial charge in [-0.2, -0.15) is 0 Å². The van der Waals surface area contributed by atoms with Crippen molar-refractivity contribution in [3.8, 4) is 5.75 Å². The molecule has 0 unspecified atom stereocenters. The molecule has 0 radical (unpaired) electrons. The second kappa shape index (κ2) is 4.49. The van der Waals surface area contributed by atoms with Crippen molar-refractivity contribution in [3.63, 3.8) is 0 Å². The SMILES string of the molecule is [CH2-]N1CCN(c2ncccc2OC)CC1. The van der Waals surface area contributed by atoms with E-state index in [0.717, 1.165) is 37.7 Å². The standard InChI is InChI=1S/C11H16N3O/c1-13-6-8-14(9-7-13)11-10(15-2)4-3-5-12-11/h3-5H,1,6-9H2,2H3/q-1. The van der Waals surface area contributed by atoms with Crippen molar-refractivity contribution in [3.05, 3.63) is 25.4 Å². The van der Waals surface area contributed by atoms with Crippen molar-refractivity contribution in [2.45, 2.75) is 0 Å². The maximum Gasteiger partial charge on any atom is 0.171 e. The van der Waals surface area contributed by atoms with Gasteiger partial charge in [0.1, 0.15) is 0 Å². The first-order chi connectivity index (χ1) is 7.31. The van der Waals surface area contributed by atoms with E-state index in [0.29, 0.717) is 0 Å². The quantitative estimate of drug-likeness (QED) is 0.675. The summed E-state index contributed by atoms with van der Waals surface area (Å²) in [7, 11) is 5.60. The molecule has 0 N–H and O–H groups in total. The lowest BCUT2D eigenvalue weighted by Gasteiger charge is -2.38. The largest absolute Gasteiger partial charge is 0.493 e. The van der Waals surface area contributed by atoms with Crippen LogP contribution in [0.4, 0.5) is 5.82 Å². The molecular formula is C11H16N3O-. The smallest absolute Gasteiger partial charge is 0.171 e. The second-order valence-corrected chi connectivity index (χ2v) is 3.63. The summed E-state index contributed by atoms with van der Waals surface area (Å²) in [5.74, 6) is 1.78. The molecule has 4 heteroatoms. The summed E-state index contributed by atoms with van der Waals surface area (Å²) in [6.07, 6.45) is 1.80. The highest BCUT2D eigenvalue weighted by atomic mass is 16.5. The Morgan fingerprint density at radius 2 is 2.07 bits per heavy atom. The average Bonchev–Trinajstić information content (AvgIpc) is 2.30. The Kier molecular flexibility index (Phi) is 3.06. The van der Waals surface area contributed by atoms with Crippen LogP contribution in [-0.4, -0.2) is 43.2 Å². The van der Waals surface area contributed by atoms with Gasteiger partial charge in [0.2, 0.25) is 0 Å². The maximum absolute atomic E-state index is 5.29. The lowest BCUT2D eigenvalue weighted by molar-refractivity contribution is 0.339. The van der Waals surface area contributed by atoms with Crippen LogP contribution in [0.25, 0.3) is 0 Å². The minimum atomic E-state index is 0.843.